The molecule has 0 saturated carbocycles. The van der Waals surface area contributed by atoms with Crippen LogP contribution in [0, 0.1) is 11.8 Å². The van der Waals surface area contributed by atoms with Crippen LogP contribution in [0.3, 0.4) is 0 Å². The molecule has 1 heterocycles. The molecule has 0 fully saturated rings. The fourth-order valence-corrected chi connectivity index (χ4v) is 3.59. The monoisotopic (exact) mass is 438 g/mol. The number of amides is 3. The lowest BCUT2D eigenvalue weighted by molar-refractivity contribution is 0.0642. The van der Waals surface area contributed by atoms with Gasteiger partial charge in [0.15, 0.2) is 0 Å². The van der Waals surface area contributed by atoms with Gasteiger partial charge in [-0.25, -0.2) is 0 Å². The summed E-state index contributed by atoms with van der Waals surface area (Å²) in [5, 5.41) is 2.78. The number of hydrogen-bond donors (Lipinski definition) is 1. The van der Waals surface area contributed by atoms with Crippen LogP contribution in [0.15, 0.2) is 72.8 Å². The van der Waals surface area contributed by atoms with Crippen molar-refractivity contribution in [3.05, 3.63) is 101 Å². The Morgan fingerprint density at radius 3 is 2.27 bits per heavy atom. The molecule has 3 aromatic rings. The van der Waals surface area contributed by atoms with Crippen LogP contribution in [0.5, 0.6) is 5.75 Å². The quantitative estimate of drug-likeness (QED) is 0.471. The van der Waals surface area contributed by atoms with Crippen LogP contribution in [0.2, 0.25) is 0 Å². The van der Waals surface area contributed by atoms with Gasteiger partial charge in [0.25, 0.3) is 17.7 Å². The van der Waals surface area contributed by atoms with Crippen molar-refractivity contribution >= 4 is 17.7 Å². The van der Waals surface area contributed by atoms with Gasteiger partial charge in [0.2, 0.25) is 0 Å². The van der Waals surface area contributed by atoms with Crippen LogP contribution in [0.25, 0.3) is 0 Å². The van der Waals surface area contributed by atoms with Crippen molar-refractivity contribution in [2.24, 2.45) is 0 Å². The number of hydrogen-bond acceptors (Lipinski definition) is 4. The summed E-state index contributed by atoms with van der Waals surface area (Å²) in [6.45, 7) is 2.46. The Hall–Kier alpha value is -4.37. The fraction of sp³-hybridized carbons (Fsp3) is 0.148. The minimum atomic E-state index is -0.343. The van der Waals surface area contributed by atoms with Crippen molar-refractivity contribution in [3.63, 3.8) is 0 Å². The van der Waals surface area contributed by atoms with E-state index < -0.39 is 0 Å². The third-order valence-corrected chi connectivity index (χ3v) is 5.15. The Kier molecular flexibility index (Phi) is 6.51. The zero-order valence-corrected chi connectivity index (χ0v) is 18.1. The molecule has 1 aliphatic rings. The molecule has 1 aliphatic heterocycles. The van der Waals surface area contributed by atoms with Gasteiger partial charge in [0.05, 0.1) is 36.4 Å². The molecule has 3 aromatic carbocycles. The zero-order chi connectivity index (χ0) is 23.2. The molecule has 0 saturated heterocycles. The Bertz CT molecular complexity index is 1240. The highest BCUT2D eigenvalue weighted by molar-refractivity contribution is 6.21. The lowest BCUT2D eigenvalue weighted by atomic mass is 10.1. The van der Waals surface area contributed by atoms with Crippen LogP contribution in [-0.2, 0) is 6.54 Å². The normalized spacial score (nSPS) is 12.1. The van der Waals surface area contributed by atoms with Crippen LogP contribution < -0.4 is 10.1 Å². The van der Waals surface area contributed by atoms with Gasteiger partial charge in [-0.05, 0) is 48.9 Å². The molecule has 0 spiro atoms. The van der Waals surface area contributed by atoms with Gasteiger partial charge in [-0.15, -0.1) is 0 Å². The Morgan fingerprint density at radius 1 is 0.939 bits per heavy atom. The summed E-state index contributed by atoms with van der Waals surface area (Å²) in [4.78, 5) is 39.4. The lowest BCUT2D eigenvalue weighted by Crippen LogP contribution is -2.29. The first kappa shape index (κ1) is 21.8. The van der Waals surface area contributed by atoms with E-state index >= 15 is 0 Å². The summed E-state index contributed by atoms with van der Waals surface area (Å²) in [6, 6.07) is 21.3. The van der Waals surface area contributed by atoms with Gasteiger partial charge in [-0.2, -0.15) is 0 Å². The summed E-state index contributed by atoms with van der Waals surface area (Å²) in [7, 11) is 0. The number of imide groups is 1. The van der Waals surface area contributed by atoms with Crippen molar-refractivity contribution in [1.29, 1.82) is 0 Å². The largest absolute Gasteiger partial charge is 0.493 e. The molecule has 6 nitrogen and oxygen atoms in total. The molecule has 0 unspecified atom stereocenters. The number of nitrogens with one attached hydrogen (secondary N) is 1. The fourth-order valence-electron chi connectivity index (χ4n) is 3.59. The van der Waals surface area contributed by atoms with Gasteiger partial charge in [-0.1, -0.05) is 48.2 Å². The smallest absolute Gasteiger partial charge is 0.261 e. The van der Waals surface area contributed by atoms with E-state index in [1.54, 1.807) is 42.5 Å². The molecule has 164 valence electrons. The van der Waals surface area contributed by atoms with Crippen LogP contribution in [-0.4, -0.2) is 35.8 Å². The maximum atomic E-state index is 12.8. The van der Waals surface area contributed by atoms with E-state index in [-0.39, 0.29) is 30.8 Å². The Balaban J connectivity index is 1.50. The molecular weight excluding hydrogens is 416 g/mol. The van der Waals surface area contributed by atoms with E-state index in [1.807, 2.05) is 37.3 Å². The Labute approximate surface area is 192 Å². The molecule has 0 bridgehead atoms. The van der Waals surface area contributed by atoms with E-state index in [9.17, 15) is 14.4 Å². The number of ether oxygens (including phenoxy) is 1. The molecule has 1 N–H and O–H groups in total. The zero-order valence-electron chi connectivity index (χ0n) is 18.1. The lowest BCUT2D eigenvalue weighted by Gasteiger charge is -2.16. The van der Waals surface area contributed by atoms with Crippen molar-refractivity contribution in [1.82, 2.24) is 10.2 Å². The highest BCUT2D eigenvalue weighted by Crippen LogP contribution is 2.26. The van der Waals surface area contributed by atoms with Gasteiger partial charge >= 0.3 is 0 Å². The summed E-state index contributed by atoms with van der Waals surface area (Å²) in [6.07, 6.45) is 0. The highest BCUT2D eigenvalue weighted by atomic mass is 16.5. The molecule has 0 aromatic heterocycles. The summed E-state index contributed by atoms with van der Waals surface area (Å²) in [5.74, 6) is 5.32. The van der Waals surface area contributed by atoms with Gasteiger partial charge in [0, 0.05) is 5.56 Å². The third kappa shape index (κ3) is 4.78. The van der Waals surface area contributed by atoms with Gasteiger partial charge in [-0.3, -0.25) is 19.3 Å². The number of carbonyl (C=O) groups excluding carboxylic acids is 3. The van der Waals surface area contributed by atoms with Crippen molar-refractivity contribution in [3.8, 4) is 17.6 Å². The van der Waals surface area contributed by atoms with Crippen molar-refractivity contribution in [2.45, 2.75) is 13.5 Å². The minimum absolute atomic E-state index is 0.0623. The highest BCUT2D eigenvalue weighted by Gasteiger charge is 2.35. The third-order valence-electron chi connectivity index (χ3n) is 5.15. The predicted octanol–water partition coefficient (Wildman–Crippen LogP) is 3.66. The molecule has 33 heavy (non-hydrogen) atoms. The molecule has 0 aliphatic carbocycles. The second-order valence-electron chi connectivity index (χ2n) is 7.36. The van der Waals surface area contributed by atoms with Crippen molar-refractivity contribution in [2.75, 3.05) is 13.2 Å². The standard InChI is InChI=1S/C27H22N2O4/c1-2-33-24-15-14-20(18-29-26(31)21-12-6-7-13-22(21)27(29)32)17-23(24)25(30)28-16-8-11-19-9-4-3-5-10-19/h3-7,9-10,12-15,17H,2,16,18H2,1H3,(H,28,30). The van der Waals surface area contributed by atoms with Crippen LogP contribution in [0.1, 0.15) is 49.1 Å². The number of carbonyl (C=O) groups is 3. The maximum absolute atomic E-state index is 12.8. The number of nitrogens with zero attached hydrogens (tertiary/aromatic N) is 1. The molecular formula is C27H22N2O4. The Morgan fingerprint density at radius 2 is 1.61 bits per heavy atom. The number of benzene rings is 3. The SMILES string of the molecule is CCOc1ccc(CN2C(=O)c3ccccc3C2=O)cc1C(=O)NCC#Cc1ccccc1. The van der Waals surface area contributed by atoms with Gasteiger partial charge < -0.3 is 10.1 Å². The second-order valence-corrected chi connectivity index (χ2v) is 7.36. The average Bonchev–Trinajstić information content (AvgIpc) is 3.08. The number of rotatable bonds is 6. The van der Waals surface area contributed by atoms with E-state index in [2.05, 4.69) is 17.2 Å². The van der Waals surface area contributed by atoms with Crippen LogP contribution in [0.4, 0.5) is 0 Å². The van der Waals surface area contributed by atoms with E-state index in [0.29, 0.717) is 34.6 Å². The second kappa shape index (κ2) is 9.84. The van der Waals surface area contributed by atoms with E-state index in [4.69, 9.17) is 4.74 Å². The first-order chi connectivity index (χ1) is 16.1. The maximum Gasteiger partial charge on any atom is 0.261 e. The number of fused-ring (bicyclic) bond motifs is 1. The average molecular weight is 438 g/mol. The molecule has 4 rings (SSSR count). The minimum Gasteiger partial charge on any atom is -0.493 e. The predicted molar refractivity (Wildman–Crippen MR) is 124 cm³/mol. The molecule has 0 radical (unpaired) electrons. The summed E-state index contributed by atoms with van der Waals surface area (Å²) < 4.78 is 5.61. The first-order valence-corrected chi connectivity index (χ1v) is 10.6. The van der Waals surface area contributed by atoms with E-state index in [0.717, 1.165) is 5.56 Å². The molecule has 0 atom stereocenters. The summed E-state index contributed by atoms with van der Waals surface area (Å²) >= 11 is 0. The van der Waals surface area contributed by atoms with Gasteiger partial charge in [0.1, 0.15) is 5.75 Å². The van der Waals surface area contributed by atoms with Crippen LogP contribution >= 0.6 is 0 Å². The van der Waals surface area contributed by atoms with E-state index in [1.165, 1.54) is 4.90 Å². The molecule has 3 amide bonds. The molecule has 6 heteroatoms. The van der Waals surface area contributed by atoms with Crippen molar-refractivity contribution < 1.29 is 19.1 Å². The summed E-state index contributed by atoms with van der Waals surface area (Å²) in [5.41, 5.74) is 2.62. The topological polar surface area (TPSA) is 75.7 Å². The first-order valence-electron chi connectivity index (χ1n) is 10.6.